The first-order valence-corrected chi connectivity index (χ1v) is 15.2. The highest BCUT2D eigenvalue weighted by molar-refractivity contribution is 7.92. The molecule has 0 bridgehead atoms. The summed E-state index contributed by atoms with van der Waals surface area (Å²) in [5, 5.41) is 0.695. The molecular formula is C27H23Cl2NO7S2. The van der Waals surface area contributed by atoms with Gasteiger partial charge >= 0.3 is 0 Å². The van der Waals surface area contributed by atoms with E-state index in [-0.39, 0.29) is 37.8 Å². The largest absolute Gasteiger partial charge is 0.493 e. The number of rotatable bonds is 10. The summed E-state index contributed by atoms with van der Waals surface area (Å²) >= 11 is 12.1. The molecule has 0 amide bonds. The maximum Gasteiger partial charge on any atom is 0.262 e. The zero-order chi connectivity index (χ0) is 28.2. The second-order valence-electron chi connectivity index (χ2n) is 8.20. The molecule has 0 radical (unpaired) electrons. The van der Waals surface area contributed by atoms with E-state index in [1.807, 2.05) is 0 Å². The third-order valence-electron chi connectivity index (χ3n) is 5.55. The van der Waals surface area contributed by atoms with Gasteiger partial charge in [-0.15, -0.1) is 0 Å². The Bertz CT molecular complexity index is 1710. The van der Waals surface area contributed by atoms with Gasteiger partial charge in [0.05, 0.1) is 40.5 Å². The fraction of sp³-hybridized carbons (Fsp3) is 0.111. The van der Waals surface area contributed by atoms with Gasteiger partial charge in [0.15, 0.2) is 27.1 Å². The van der Waals surface area contributed by atoms with Crippen LogP contribution in [0.5, 0.6) is 23.0 Å². The molecule has 0 aromatic heterocycles. The van der Waals surface area contributed by atoms with Crippen LogP contribution in [-0.2, 0) is 25.6 Å². The van der Waals surface area contributed by atoms with Crippen molar-refractivity contribution in [1.82, 2.24) is 0 Å². The average molecular weight is 609 g/mol. The lowest BCUT2D eigenvalue weighted by Gasteiger charge is -2.14. The van der Waals surface area contributed by atoms with Gasteiger partial charge in [-0.3, -0.25) is 4.72 Å². The van der Waals surface area contributed by atoms with Gasteiger partial charge < -0.3 is 14.2 Å². The number of anilines is 1. The maximum atomic E-state index is 13.1. The molecular weight excluding hydrogens is 585 g/mol. The van der Waals surface area contributed by atoms with Gasteiger partial charge in [0.25, 0.3) is 10.0 Å². The van der Waals surface area contributed by atoms with Gasteiger partial charge in [-0.2, -0.15) is 0 Å². The maximum absolute atomic E-state index is 13.1. The molecule has 1 N–H and O–H groups in total. The molecule has 8 nitrogen and oxygen atoms in total. The molecule has 0 aliphatic carbocycles. The molecule has 0 atom stereocenters. The third kappa shape index (κ3) is 6.77. The van der Waals surface area contributed by atoms with Crippen LogP contribution in [0.2, 0.25) is 10.0 Å². The van der Waals surface area contributed by atoms with E-state index in [0.717, 1.165) is 0 Å². The molecule has 0 unspecified atom stereocenters. The molecule has 0 aliphatic heterocycles. The smallest absolute Gasteiger partial charge is 0.262 e. The van der Waals surface area contributed by atoms with Gasteiger partial charge in [0.2, 0.25) is 0 Å². The van der Waals surface area contributed by atoms with Crippen LogP contribution in [0.3, 0.4) is 0 Å². The van der Waals surface area contributed by atoms with Crippen molar-refractivity contribution in [3.63, 3.8) is 0 Å². The predicted molar refractivity (Wildman–Crippen MR) is 151 cm³/mol. The van der Waals surface area contributed by atoms with E-state index < -0.39 is 19.9 Å². The van der Waals surface area contributed by atoms with E-state index in [1.165, 1.54) is 62.8 Å². The fourth-order valence-electron chi connectivity index (χ4n) is 3.60. The second-order valence-corrected chi connectivity index (χ2v) is 12.7. The van der Waals surface area contributed by atoms with Gasteiger partial charge in [-0.05, 0) is 60.2 Å². The van der Waals surface area contributed by atoms with E-state index in [0.29, 0.717) is 22.1 Å². The lowest BCUT2D eigenvalue weighted by molar-refractivity contribution is 0.354. The molecule has 4 aromatic carbocycles. The Morgan fingerprint density at radius 2 is 1.33 bits per heavy atom. The topological polar surface area (TPSA) is 108 Å². The Kier molecular flexibility index (Phi) is 8.60. The van der Waals surface area contributed by atoms with E-state index in [4.69, 9.17) is 37.4 Å². The number of hydrogen-bond acceptors (Lipinski definition) is 7. The van der Waals surface area contributed by atoms with Crippen LogP contribution >= 0.6 is 23.2 Å². The van der Waals surface area contributed by atoms with Crippen LogP contribution < -0.4 is 18.9 Å². The minimum atomic E-state index is -4.04. The molecule has 4 rings (SSSR count). The number of para-hydroxylation sites is 2. The molecule has 0 heterocycles. The highest BCUT2D eigenvalue weighted by Gasteiger charge is 2.21. The van der Waals surface area contributed by atoms with Crippen molar-refractivity contribution in [1.29, 1.82) is 0 Å². The quantitative estimate of drug-likeness (QED) is 0.217. The minimum Gasteiger partial charge on any atom is -0.493 e. The van der Waals surface area contributed by atoms with Crippen molar-refractivity contribution in [2.24, 2.45) is 0 Å². The van der Waals surface area contributed by atoms with Crippen LogP contribution in [0.15, 0.2) is 94.7 Å². The summed E-state index contributed by atoms with van der Waals surface area (Å²) in [5.74, 6) is 0.875. The lowest BCUT2D eigenvalue weighted by Crippen LogP contribution is -2.14. The predicted octanol–water partition coefficient (Wildman–Crippen LogP) is 6.58. The number of benzene rings is 4. The highest BCUT2D eigenvalue weighted by Crippen LogP contribution is 2.36. The molecule has 0 saturated carbocycles. The fourth-order valence-corrected chi connectivity index (χ4v) is 6.48. The van der Waals surface area contributed by atoms with Crippen molar-refractivity contribution in [2.75, 3.05) is 18.9 Å². The van der Waals surface area contributed by atoms with Crippen LogP contribution in [0.4, 0.5) is 5.69 Å². The number of ether oxygens (including phenoxy) is 3. The molecule has 0 saturated heterocycles. The number of methoxy groups -OCH3 is 2. The number of halogens is 2. The van der Waals surface area contributed by atoms with Gasteiger partial charge in [-0.1, -0.05) is 47.5 Å². The summed E-state index contributed by atoms with van der Waals surface area (Å²) < 4.78 is 70.8. The van der Waals surface area contributed by atoms with E-state index in [1.54, 1.807) is 36.4 Å². The Labute approximate surface area is 237 Å². The Morgan fingerprint density at radius 3 is 2.00 bits per heavy atom. The van der Waals surface area contributed by atoms with Gasteiger partial charge in [0.1, 0.15) is 5.75 Å². The molecule has 12 heteroatoms. The normalized spacial score (nSPS) is 11.6. The standard InChI is InChI=1S/C27H23Cl2NO7S2/c1-35-26-14-12-21(16-27(26)36-2)38(31,32)17-18-7-10-20(11-8-18)39(33,34)30-23-5-3-4-6-25(23)37-24-13-9-19(28)15-22(24)29/h3-16,30H,17H2,1-2H3. The first-order chi connectivity index (χ1) is 18.5. The van der Waals surface area contributed by atoms with Gasteiger partial charge in [-0.25, -0.2) is 16.8 Å². The molecule has 39 heavy (non-hydrogen) atoms. The van der Waals surface area contributed by atoms with Crippen LogP contribution in [0.25, 0.3) is 0 Å². The lowest BCUT2D eigenvalue weighted by atomic mass is 10.2. The summed E-state index contributed by atoms with van der Waals surface area (Å²) in [5.41, 5.74) is 0.591. The monoisotopic (exact) mass is 607 g/mol. The Hall–Kier alpha value is -3.44. The molecule has 204 valence electrons. The van der Waals surface area contributed by atoms with E-state index in [2.05, 4.69) is 4.72 Å². The Morgan fingerprint density at radius 1 is 0.692 bits per heavy atom. The first-order valence-electron chi connectivity index (χ1n) is 11.3. The zero-order valence-corrected chi connectivity index (χ0v) is 23.9. The van der Waals surface area contributed by atoms with Crippen molar-refractivity contribution in [2.45, 2.75) is 15.5 Å². The summed E-state index contributed by atoms with van der Waals surface area (Å²) in [4.78, 5) is -0.00925. The summed E-state index contributed by atoms with van der Waals surface area (Å²) in [6.45, 7) is 0. The number of sulfone groups is 1. The van der Waals surface area contributed by atoms with E-state index in [9.17, 15) is 16.8 Å². The summed E-state index contributed by atoms with van der Waals surface area (Å²) in [6.07, 6.45) is 0. The average Bonchev–Trinajstić information content (AvgIpc) is 2.90. The van der Waals surface area contributed by atoms with Gasteiger partial charge in [0, 0.05) is 11.1 Å². The summed E-state index contributed by atoms with van der Waals surface area (Å²) in [7, 11) is -4.91. The van der Waals surface area contributed by atoms with Crippen LogP contribution in [-0.4, -0.2) is 31.1 Å². The van der Waals surface area contributed by atoms with Crippen LogP contribution in [0, 0.1) is 0 Å². The zero-order valence-electron chi connectivity index (χ0n) is 20.7. The minimum absolute atomic E-state index is 0.0518. The molecule has 0 aliphatic rings. The number of hydrogen-bond donors (Lipinski definition) is 1. The third-order valence-corrected chi connectivity index (χ3v) is 9.15. The van der Waals surface area contributed by atoms with E-state index >= 15 is 0 Å². The Balaban J connectivity index is 1.52. The summed E-state index contributed by atoms with van der Waals surface area (Å²) in [6, 6.07) is 21.0. The van der Waals surface area contributed by atoms with Crippen LogP contribution in [0.1, 0.15) is 5.56 Å². The van der Waals surface area contributed by atoms with Crippen molar-refractivity contribution >= 4 is 48.7 Å². The number of nitrogens with one attached hydrogen (secondary N) is 1. The van der Waals surface area contributed by atoms with Crippen molar-refractivity contribution < 1.29 is 31.0 Å². The van der Waals surface area contributed by atoms with Crippen molar-refractivity contribution in [3.05, 3.63) is 101 Å². The number of sulfonamides is 1. The first kappa shape index (κ1) is 28.6. The SMILES string of the molecule is COc1ccc(S(=O)(=O)Cc2ccc(S(=O)(=O)Nc3ccccc3Oc3ccc(Cl)cc3Cl)cc2)cc1OC. The highest BCUT2D eigenvalue weighted by atomic mass is 35.5. The molecule has 0 spiro atoms. The molecule has 0 fully saturated rings. The second kappa shape index (κ2) is 11.7. The molecule has 4 aromatic rings. The van der Waals surface area contributed by atoms with Crippen molar-refractivity contribution in [3.8, 4) is 23.0 Å².